The van der Waals surface area contributed by atoms with E-state index in [-0.39, 0.29) is 11.3 Å². The Bertz CT molecular complexity index is 405. The Morgan fingerprint density at radius 2 is 1.88 bits per heavy atom. The average molecular weight is 257 g/mol. The van der Waals surface area contributed by atoms with Crippen LogP contribution in [0, 0.1) is 6.92 Å². The maximum absolute atomic E-state index is 12.5. The number of nitrogens with zero attached hydrogens (tertiary/aromatic N) is 1. The summed E-state index contributed by atoms with van der Waals surface area (Å²) in [5.74, 6) is -1.19. The van der Waals surface area contributed by atoms with Crippen molar-refractivity contribution in [2.24, 2.45) is 0 Å². The standard InChI is InChI=1S/C9H8F5NO2/c1-4-3-5(17-9(12,13)14)15-6(8(10)11)7(4)16-2/h3,8H,1-2H3. The lowest BCUT2D eigenvalue weighted by molar-refractivity contribution is -0.276. The molecule has 3 nitrogen and oxygen atoms in total. The molecule has 8 heteroatoms. The quantitative estimate of drug-likeness (QED) is 0.779. The van der Waals surface area contributed by atoms with E-state index >= 15 is 0 Å². The zero-order valence-corrected chi connectivity index (χ0v) is 8.81. The molecule has 0 saturated heterocycles. The van der Waals surface area contributed by atoms with Gasteiger partial charge in [0, 0.05) is 6.07 Å². The minimum atomic E-state index is -4.98. The van der Waals surface area contributed by atoms with Gasteiger partial charge in [-0.15, -0.1) is 13.2 Å². The summed E-state index contributed by atoms with van der Waals surface area (Å²) in [6.45, 7) is 1.32. The first-order valence-corrected chi connectivity index (χ1v) is 4.34. The molecule has 0 atom stereocenters. The first-order valence-electron chi connectivity index (χ1n) is 4.34. The van der Waals surface area contributed by atoms with E-state index in [0.29, 0.717) is 0 Å². The van der Waals surface area contributed by atoms with E-state index in [0.717, 1.165) is 13.2 Å². The van der Waals surface area contributed by atoms with Gasteiger partial charge in [-0.3, -0.25) is 0 Å². The number of aromatic nitrogens is 1. The van der Waals surface area contributed by atoms with Gasteiger partial charge < -0.3 is 9.47 Å². The highest BCUT2D eigenvalue weighted by molar-refractivity contribution is 5.40. The second-order valence-electron chi connectivity index (χ2n) is 3.04. The second kappa shape index (κ2) is 4.72. The van der Waals surface area contributed by atoms with Crippen molar-refractivity contribution in [3.05, 3.63) is 17.3 Å². The molecular formula is C9H8F5NO2. The maximum Gasteiger partial charge on any atom is 0.574 e. The Kier molecular flexibility index (Phi) is 3.74. The molecule has 0 aromatic carbocycles. The summed E-state index contributed by atoms with van der Waals surface area (Å²) in [7, 11) is 1.13. The molecule has 0 fully saturated rings. The molecule has 0 radical (unpaired) electrons. The molecule has 0 aliphatic heterocycles. The van der Waals surface area contributed by atoms with Gasteiger partial charge in [-0.2, -0.15) is 0 Å². The number of alkyl halides is 5. The molecule has 0 amide bonds. The molecule has 1 aromatic heterocycles. The zero-order chi connectivity index (χ0) is 13.2. The van der Waals surface area contributed by atoms with Crippen LogP contribution < -0.4 is 9.47 Å². The van der Waals surface area contributed by atoms with Crippen LogP contribution in [0.3, 0.4) is 0 Å². The summed E-state index contributed by atoms with van der Waals surface area (Å²) in [6.07, 6.45) is -8.03. The summed E-state index contributed by atoms with van der Waals surface area (Å²) < 4.78 is 68.9. The van der Waals surface area contributed by atoms with Crippen LogP contribution in [0.1, 0.15) is 17.7 Å². The van der Waals surface area contributed by atoms with E-state index in [1.54, 1.807) is 0 Å². The van der Waals surface area contributed by atoms with E-state index in [9.17, 15) is 22.0 Å². The number of methoxy groups -OCH3 is 1. The van der Waals surface area contributed by atoms with Crippen molar-refractivity contribution in [3.8, 4) is 11.6 Å². The lowest BCUT2D eigenvalue weighted by atomic mass is 10.2. The van der Waals surface area contributed by atoms with Gasteiger partial charge in [0.05, 0.1) is 7.11 Å². The largest absolute Gasteiger partial charge is 0.574 e. The van der Waals surface area contributed by atoms with Crippen LogP contribution in [0.15, 0.2) is 6.07 Å². The minimum absolute atomic E-state index is 0.0806. The van der Waals surface area contributed by atoms with Gasteiger partial charge in [0.15, 0.2) is 5.69 Å². The smallest absolute Gasteiger partial charge is 0.494 e. The normalized spacial score (nSPS) is 11.8. The van der Waals surface area contributed by atoms with Crippen molar-refractivity contribution in [1.82, 2.24) is 4.98 Å². The maximum atomic E-state index is 12.5. The molecule has 1 heterocycles. The molecular weight excluding hydrogens is 249 g/mol. The summed E-state index contributed by atoms with van der Waals surface area (Å²) in [5, 5.41) is 0. The molecule has 0 aliphatic carbocycles. The van der Waals surface area contributed by atoms with Crippen LogP contribution >= 0.6 is 0 Å². The number of rotatable bonds is 3. The summed E-state index contributed by atoms with van der Waals surface area (Å²) in [6, 6.07) is 0.873. The highest BCUT2D eigenvalue weighted by Crippen LogP contribution is 2.33. The summed E-state index contributed by atoms with van der Waals surface area (Å²) in [5.41, 5.74) is -0.802. The Morgan fingerprint density at radius 3 is 2.29 bits per heavy atom. The number of ether oxygens (including phenoxy) is 2. The third-order valence-corrected chi connectivity index (χ3v) is 1.79. The lowest BCUT2D eigenvalue weighted by Gasteiger charge is -2.13. The molecule has 0 bridgehead atoms. The number of aryl methyl sites for hydroxylation is 1. The van der Waals surface area contributed by atoms with E-state index in [2.05, 4.69) is 14.5 Å². The van der Waals surface area contributed by atoms with E-state index < -0.39 is 24.4 Å². The first-order chi connectivity index (χ1) is 7.74. The fraction of sp³-hybridized carbons (Fsp3) is 0.444. The average Bonchev–Trinajstić information content (AvgIpc) is 2.13. The Balaban J connectivity index is 3.20. The van der Waals surface area contributed by atoms with E-state index in [1.807, 2.05) is 0 Å². The van der Waals surface area contributed by atoms with Crippen LogP contribution in [0.5, 0.6) is 11.6 Å². The van der Waals surface area contributed by atoms with Crippen molar-refractivity contribution in [2.45, 2.75) is 19.7 Å². The predicted octanol–water partition coefficient (Wildman–Crippen LogP) is 3.23. The van der Waals surface area contributed by atoms with Gasteiger partial charge >= 0.3 is 6.36 Å². The van der Waals surface area contributed by atoms with Gasteiger partial charge in [-0.25, -0.2) is 13.8 Å². The summed E-state index contributed by atoms with van der Waals surface area (Å²) in [4.78, 5) is 3.07. The highest BCUT2D eigenvalue weighted by atomic mass is 19.4. The molecule has 0 saturated carbocycles. The first kappa shape index (κ1) is 13.5. The second-order valence-corrected chi connectivity index (χ2v) is 3.04. The van der Waals surface area contributed by atoms with Crippen molar-refractivity contribution >= 4 is 0 Å². The van der Waals surface area contributed by atoms with E-state index in [4.69, 9.17) is 0 Å². The molecule has 0 aliphatic rings. The third kappa shape index (κ3) is 3.43. The van der Waals surface area contributed by atoms with Crippen LogP contribution in [-0.4, -0.2) is 18.5 Å². The number of hydrogen-bond acceptors (Lipinski definition) is 3. The van der Waals surface area contributed by atoms with Crippen molar-refractivity contribution in [1.29, 1.82) is 0 Å². The monoisotopic (exact) mass is 257 g/mol. The van der Waals surface area contributed by atoms with Crippen LogP contribution in [0.2, 0.25) is 0 Å². The van der Waals surface area contributed by atoms with Gasteiger partial charge in [-0.1, -0.05) is 0 Å². The Hall–Kier alpha value is -1.60. The van der Waals surface area contributed by atoms with Gasteiger partial charge in [0.1, 0.15) is 5.75 Å². The fourth-order valence-electron chi connectivity index (χ4n) is 1.24. The van der Waals surface area contributed by atoms with Crippen molar-refractivity contribution in [3.63, 3.8) is 0 Å². The lowest BCUT2D eigenvalue weighted by Crippen LogP contribution is -2.18. The van der Waals surface area contributed by atoms with Gasteiger partial charge in [0.2, 0.25) is 5.88 Å². The molecule has 96 valence electrons. The minimum Gasteiger partial charge on any atom is -0.494 e. The molecule has 0 spiro atoms. The molecule has 0 unspecified atom stereocenters. The highest BCUT2D eigenvalue weighted by Gasteiger charge is 2.33. The molecule has 1 rings (SSSR count). The molecule has 0 N–H and O–H groups in total. The van der Waals surface area contributed by atoms with Crippen LogP contribution in [-0.2, 0) is 0 Å². The number of pyridine rings is 1. The SMILES string of the molecule is COc1c(C)cc(OC(F)(F)F)nc1C(F)F. The molecule has 17 heavy (non-hydrogen) atoms. The van der Waals surface area contributed by atoms with E-state index in [1.165, 1.54) is 6.92 Å². The predicted molar refractivity (Wildman–Crippen MR) is 47.2 cm³/mol. The topological polar surface area (TPSA) is 31.4 Å². The van der Waals surface area contributed by atoms with Crippen molar-refractivity contribution < 1.29 is 31.4 Å². The number of halogens is 5. The summed E-state index contributed by atoms with van der Waals surface area (Å²) >= 11 is 0. The Morgan fingerprint density at radius 1 is 1.29 bits per heavy atom. The number of hydrogen-bond donors (Lipinski definition) is 0. The third-order valence-electron chi connectivity index (χ3n) is 1.79. The molecule has 1 aromatic rings. The van der Waals surface area contributed by atoms with Crippen LogP contribution in [0.4, 0.5) is 22.0 Å². The van der Waals surface area contributed by atoms with Gasteiger partial charge in [-0.05, 0) is 12.5 Å². The van der Waals surface area contributed by atoms with Crippen LogP contribution in [0.25, 0.3) is 0 Å². The van der Waals surface area contributed by atoms with Gasteiger partial charge in [0.25, 0.3) is 6.43 Å². The van der Waals surface area contributed by atoms with Crippen molar-refractivity contribution in [2.75, 3.05) is 7.11 Å². The zero-order valence-electron chi connectivity index (χ0n) is 8.81. The fourth-order valence-corrected chi connectivity index (χ4v) is 1.24. The Labute approximate surface area is 93.2 Å².